The van der Waals surface area contributed by atoms with Crippen LogP contribution in [0.4, 0.5) is 5.69 Å². The van der Waals surface area contributed by atoms with E-state index in [2.05, 4.69) is 0 Å². The van der Waals surface area contributed by atoms with Crippen molar-refractivity contribution in [1.82, 2.24) is 0 Å². The van der Waals surface area contributed by atoms with E-state index < -0.39 is 9.84 Å². The molecule has 5 rings (SSSR count). The molecule has 0 spiro atoms. The lowest BCUT2D eigenvalue weighted by Gasteiger charge is -2.26. The Morgan fingerprint density at radius 2 is 1.93 bits per heavy atom. The lowest BCUT2D eigenvalue weighted by atomic mass is 10.1. The van der Waals surface area contributed by atoms with Gasteiger partial charge in [-0.3, -0.25) is 4.99 Å². The van der Waals surface area contributed by atoms with E-state index in [0.29, 0.717) is 23.9 Å². The van der Waals surface area contributed by atoms with E-state index in [4.69, 9.17) is 19.2 Å². The highest BCUT2D eigenvalue weighted by atomic mass is 32.2. The van der Waals surface area contributed by atoms with Crippen LogP contribution < -0.4 is 19.1 Å². The second-order valence-electron chi connectivity index (χ2n) is 7.04. The summed E-state index contributed by atoms with van der Waals surface area (Å²) in [5.74, 6) is 3.12. The quantitative estimate of drug-likeness (QED) is 0.672. The zero-order valence-corrected chi connectivity index (χ0v) is 17.2. The number of para-hydroxylation sites is 1. The van der Waals surface area contributed by atoms with E-state index in [9.17, 15) is 8.42 Å². The van der Waals surface area contributed by atoms with Crippen LogP contribution in [-0.4, -0.2) is 56.3 Å². The summed E-state index contributed by atoms with van der Waals surface area (Å²) in [5, 5.41) is 0.824. The van der Waals surface area contributed by atoms with Crippen LogP contribution in [0.1, 0.15) is 0 Å². The predicted octanol–water partition coefficient (Wildman–Crippen LogP) is 2.57. The molecule has 0 saturated carbocycles. The van der Waals surface area contributed by atoms with Crippen molar-refractivity contribution in [2.45, 2.75) is 12.1 Å². The van der Waals surface area contributed by atoms with Gasteiger partial charge in [0.15, 0.2) is 26.5 Å². The molecule has 1 saturated heterocycles. The minimum Gasteiger partial charge on any atom is -0.493 e. The van der Waals surface area contributed by atoms with Gasteiger partial charge in [-0.05, 0) is 24.3 Å². The molecule has 0 N–H and O–H groups in total. The summed E-state index contributed by atoms with van der Waals surface area (Å²) < 4.78 is 41.0. The second-order valence-corrected chi connectivity index (χ2v) is 10.3. The molecule has 3 aliphatic rings. The normalized spacial score (nSPS) is 23.7. The smallest absolute Gasteiger partial charge is 0.231 e. The van der Waals surface area contributed by atoms with Gasteiger partial charge in [-0.25, -0.2) is 8.42 Å². The zero-order chi connectivity index (χ0) is 19.8. The third kappa shape index (κ3) is 3.76. The van der Waals surface area contributed by atoms with Crippen LogP contribution >= 0.6 is 11.8 Å². The van der Waals surface area contributed by atoms with Crippen molar-refractivity contribution in [3.63, 3.8) is 0 Å². The van der Waals surface area contributed by atoms with Crippen LogP contribution in [0.25, 0.3) is 0 Å². The molecule has 0 bridgehead atoms. The molecule has 0 aliphatic carbocycles. The van der Waals surface area contributed by atoms with Crippen molar-refractivity contribution < 1.29 is 22.6 Å². The van der Waals surface area contributed by atoms with Crippen molar-refractivity contribution in [3.05, 3.63) is 48.5 Å². The first-order valence-electron chi connectivity index (χ1n) is 9.37. The van der Waals surface area contributed by atoms with Crippen LogP contribution in [-0.2, 0) is 9.84 Å². The zero-order valence-electron chi connectivity index (χ0n) is 15.6. The minimum absolute atomic E-state index is 0.100. The molecular weight excluding hydrogens is 412 g/mol. The summed E-state index contributed by atoms with van der Waals surface area (Å²) in [5.41, 5.74) is 0.870. The number of anilines is 1. The van der Waals surface area contributed by atoms with Gasteiger partial charge in [0.25, 0.3) is 0 Å². The SMILES string of the molecule is O=S1(=O)CC2N=C(SCCOc3ccccc3)N(c3ccc4c(c3)OCO4)C2C1. The average molecular weight is 433 g/mol. The summed E-state index contributed by atoms with van der Waals surface area (Å²) in [6, 6.07) is 14.9. The van der Waals surface area contributed by atoms with Crippen LogP contribution in [0.15, 0.2) is 53.5 Å². The Hall–Kier alpha value is -2.39. The number of benzene rings is 2. The van der Waals surface area contributed by atoms with E-state index in [0.717, 1.165) is 16.6 Å². The van der Waals surface area contributed by atoms with Crippen LogP contribution in [0, 0.1) is 0 Å². The number of hydrogen-bond acceptors (Lipinski definition) is 8. The first-order chi connectivity index (χ1) is 14.1. The molecule has 3 heterocycles. The molecule has 2 unspecified atom stereocenters. The minimum atomic E-state index is -3.08. The Morgan fingerprint density at radius 1 is 1.10 bits per heavy atom. The molecule has 0 radical (unpaired) electrons. The van der Waals surface area contributed by atoms with Gasteiger partial charge in [-0.2, -0.15) is 0 Å². The number of sulfone groups is 1. The molecular formula is C20H20N2O5S2. The van der Waals surface area contributed by atoms with Crippen molar-refractivity contribution in [2.75, 3.05) is 35.6 Å². The molecule has 2 aromatic carbocycles. The number of amidine groups is 1. The molecule has 1 fully saturated rings. The van der Waals surface area contributed by atoms with Gasteiger partial charge in [0.05, 0.1) is 30.2 Å². The Labute approximate surface area is 173 Å². The highest BCUT2D eigenvalue weighted by molar-refractivity contribution is 8.14. The number of thioether (sulfide) groups is 1. The third-order valence-electron chi connectivity index (χ3n) is 5.07. The monoisotopic (exact) mass is 432 g/mol. The lowest BCUT2D eigenvalue weighted by Crippen LogP contribution is -2.39. The summed E-state index contributed by atoms with van der Waals surface area (Å²) >= 11 is 1.58. The summed E-state index contributed by atoms with van der Waals surface area (Å²) in [4.78, 5) is 6.77. The van der Waals surface area contributed by atoms with Gasteiger partial charge in [0.1, 0.15) is 5.75 Å². The predicted molar refractivity (Wildman–Crippen MR) is 113 cm³/mol. The number of hydrogen-bond donors (Lipinski definition) is 0. The van der Waals surface area contributed by atoms with Crippen LogP contribution in [0.2, 0.25) is 0 Å². The number of nitrogens with zero attached hydrogens (tertiary/aromatic N) is 2. The molecule has 3 aliphatic heterocycles. The Balaban J connectivity index is 1.33. The van der Waals surface area contributed by atoms with Gasteiger partial charge in [-0.15, -0.1) is 0 Å². The van der Waals surface area contributed by atoms with E-state index in [-0.39, 0.29) is 30.4 Å². The molecule has 7 nitrogen and oxygen atoms in total. The van der Waals surface area contributed by atoms with Crippen molar-refractivity contribution in [2.24, 2.45) is 4.99 Å². The highest BCUT2D eigenvalue weighted by Crippen LogP contribution is 2.40. The van der Waals surface area contributed by atoms with Gasteiger partial charge < -0.3 is 19.1 Å². The Bertz CT molecular complexity index is 1040. The standard InChI is InChI=1S/C20H20N2O5S2/c23-29(24)11-16-17(12-29)22(14-6-7-18-19(10-14)27-13-26-18)20(21-16)28-9-8-25-15-4-2-1-3-5-15/h1-7,10,16-17H,8-9,11-13H2. The third-order valence-corrected chi connectivity index (χ3v) is 7.70. The average Bonchev–Trinajstić information content (AvgIpc) is 3.37. The van der Waals surface area contributed by atoms with E-state index in [1.54, 1.807) is 11.8 Å². The molecule has 29 heavy (non-hydrogen) atoms. The van der Waals surface area contributed by atoms with E-state index in [1.807, 2.05) is 53.4 Å². The lowest BCUT2D eigenvalue weighted by molar-refractivity contribution is 0.174. The van der Waals surface area contributed by atoms with Crippen molar-refractivity contribution in [1.29, 1.82) is 0 Å². The van der Waals surface area contributed by atoms with Gasteiger partial charge in [-0.1, -0.05) is 30.0 Å². The van der Waals surface area contributed by atoms with Gasteiger partial charge in [0, 0.05) is 17.5 Å². The first-order valence-corrected chi connectivity index (χ1v) is 12.2. The topological polar surface area (TPSA) is 77.4 Å². The molecule has 2 aromatic rings. The van der Waals surface area contributed by atoms with Crippen molar-refractivity contribution in [3.8, 4) is 17.2 Å². The maximum atomic E-state index is 12.2. The first kappa shape index (κ1) is 18.6. The molecule has 2 atom stereocenters. The molecule has 0 aromatic heterocycles. The maximum absolute atomic E-state index is 12.2. The van der Waals surface area contributed by atoms with Gasteiger partial charge in [0.2, 0.25) is 6.79 Å². The number of rotatable bonds is 5. The largest absolute Gasteiger partial charge is 0.493 e. The van der Waals surface area contributed by atoms with E-state index >= 15 is 0 Å². The van der Waals surface area contributed by atoms with Crippen molar-refractivity contribution >= 4 is 32.5 Å². The second kappa shape index (κ2) is 7.46. The molecule has 9 heteroatoms. The fourth-order valence-electron chi connectivity index (χ4n) is 3.78. The summed E-state index contributed by atoms with van der Waals surface area (Å²) in [6.07, 6.45) is 0. The number of fused-ring (bicyclic) bond motifs is 2. The molecule has 0 amide bonds. The fraction of sp³-hybridized carbons (Fsp3) is 0.350. The summed E-state index contributed by atoms with van der Waals surface area (Å²) in [6.45, 7) is 0.738. The van der Waals surface area contributed by atoms with Crippen LogP contribution in [0.3, 0.4) is 0 Å². The van der Waals surface area contributed by atoms with Crippen LogP contribution in [0.5, 0.6) is 17.2 Å². The maximum Gasteiger partial charge on any atom is 0.231 e. The Kier molecular flexibility index (Phi) is 4.79. The Morgan fingerprint density at radius 3 is 2.79 bits per heavy atom. The van der Waals surface area contributed by atoms with Gasteiger partial charge >= 0.3 is 0 Å². The molecule has 152 valence electrons. The van der Waals surface area contributed by atoms with E-state index in [1.165, 1.54) is 0 Å². The summed E-state index contributed by atoms with van der Waals surface area (Å²) in [7, 11) is -3.08. The fourth-order valence-corrected chi connectivity index (χ4v) is 6.56. The number of ether oxygens (including phenoxy) is 3. The highest BCUT2D eigenvalue weighted by Gasteiger charge is 2.47. The number of aliphatic imine (C=N–C) groups is 1.